The number of nitro benzene ring substituents is 1. The van der Waals surface area contributed by atoms with Gasteiger partial charge in [0.2, 0.25) is 10.0 Å². The molecule has 0 spiro atoms. The van der Waals surface area contributed by atoms with Gasteiger partial charge in [-0.3, -0.25) is 10.1 Å². The summed E-state index contributed by atoms with van der Waals surface area (Å²) in [5, 5.41) is 11.1. The summed E-state index contributed by atoms with van der Waals surface area (Å²) in [7, 11) is -3.89. The second-order valence-corrected chi connectivity index (χ2v) is 7.75. The third-order valence-electron chi connectivity index (χ3n) is 3.67. The molecule has 1 aromatic carbocycles. The van der Waals surface area contributed by atoms with Crippen LogP contribution in [0.4, 0.5) is 5.69 Å². The van der Waals surface area contributed by atoms with Crippen LogP contribution in [0.2, 0.25) is 0 Å². The monoisotopic (exact) mass is 352 g/mol. The maximum Gasteiger partial charge on any atom is 0.273 e. The number of hydrogen-bond acceptors (Lipinski definition) is 5. The first-order valence-electron chi connectivity index (χ1n) is 7.45. The largest absolute Gasteiger partial charge is 0.465 e. The van der Waals surface area contributed by atoms with Crippen LogP contribution >= 0.6 is 0 Å². The number of hydrogen-bond donors (Lipinski definition) is 0. The first-order chi connectivity index (χ1) is 11.1. The summed E-state index contributed by atoms with van der Waals surface area (Å²) in [6.07, 6.45) is 0. The molecule has 0 saturated carbocycles. The second kappa shape index (κ2) is 6.74. The van der Waals surface area contributed by atoms with Crippen LogP contribution in [0.15, 0.2) is 39.6 Å². The zero-order valence-electron chi connectivity index (χ0n) is 14.0. The highest BCUT2D eigenvalue weighted by Gasteiger charge is 2.29. The van der Waals surface area contributed by atoms with E-state index in [2.05, 4.69) is 0 Å². The first-order valence-corrected chi connectivity index (χ1v) is 8.89. The molecule has 0 N–H and O–H groups in total. The minimum Gasteiger partial charge on any atom is -0.465 e. The predicted octanol–water partition coefficient (Wildman–Crippen LogP) is 3.40. The second-order valence-electron chi connectivity index (χ2n) is 5.86. The molecule has 0 aliphatic heterocycles. The molecule has 0 aliphatic rings. The van der Waals surface area contributed by atoms with Gasteiger partial charge >= 0.3 is 0 Å². The Morgan fingerprint density at radius 3 is 2.38 bits per heavy atom. The van der Waals surface area contributed by atoms with E-state index in [1.807, 2.05) is 0 Å². The van der Waals surface area contributed by atoms with Crippen LogP contribution in [-0.2, 0) is 16.6 Å². The fourth-order valence-electron chi connectivity index (χ4n) is 2.35. The fraction of sp³-hybridized carbons (Fsp3) is 0.375. The van der Waals surface area contributed by atoms with E-state index in [1.165, 1.54) is 16.4 Å². The number of nitro groups is 1. The van der Waals surface area contributed by atoms with Gasteiger partial charge in [-0.15, -0.1) is 0 Å². The van der Waals surface area contributed by atoms with Crippen molar-refractivity contribution in [2.24, 2.45) is 0 Å². The Hall–Kier alpha value is -2.19. The molecule has 8 heteroatoms. The summed E-state index contributed by atoms with van der Waals surface area (Å²) in [4.78, 5) is 10.4. The van der Waals surface area contributed by atoms with Gasteiger partial charge in [0.05, 0.1) is 16.4 Å². The summed E-state index contributed by atoms with van der Waals surface area (Å²) in [6.45, 7) is 6.91. The molecule has 130 valence electrons. The molecule has 2 aromatic rings. The topological polar surface area (TPSA) is 93.7 Å². The lowest BCUT2D eigenvalue weighted by molar-refractivity contribution is -0.385. The smallest absolute Gasteiger partial charge is 0.273 e. The minimum atomic E-state index is -3.89. The molecule has 0 radical (unpaired) electrons. The Morgan fingerprint density at radius 2 is 1.88 bits per heavy atom. The lowest BCUT2D eigenvalue weighted by Gasteiger charge is -2.25. The molecule has 24 heavy (non-hydrogen) atoms. The molecule has 1 aromatic heterocycles. The van der Waals surface area contributed by atoms with E-state index in [0.29, 0.717) is 17.1 Å². The maximum atomic E-state index is 12.9. The molecule has 0 bridgehead atoms. The van der Waals surface area contributed by atoms with Gasteiger partial charge < -0.3 is 4.42 Å². The van der Waals surface area contributed by atoms with Crippen LogP contribution in [-0.4, -0.2) is 23.7 Å². The lowest BCUT2D eigenvalue weighted by atomic mass is 10.2. The van der Waals surface area contributed by atoms with Gasteiger partial charge in [0.15, 0.2) is 0 Å². The molecule has 2 rings (SSSR count). The Balaban J connectivity index is 2.45. The molecule has 0 amide bonds. The van der Waals surface area contributed by atoms with Crippen molar-refractivity contribution in [3.05, 3.63) is 57.5 Å². The molecular weight excluding hydrogens is 332 g/mol. The van der Waals surface area contributed by atoms with Crippen molar-refractivity contribution in [2.75, 3.05) is 0 Å². The molecule has 7 nitrogen and oxygen atoms in total. The van der Waals surface area contributed by atoms with Gasteiger partial charge in [-0.05, 0) is 45.9 Å². The molecule has 0 atom stereocenters. The quantitative estimate of drug-likeness (QED) is 0.586. The zero-order chi connectivity index (χ0) is 18.1. The van der Waals surface area contributed by atoms with Crippen molar-refractivity contribution < 1.29 is 17.8 Å². The van der Waals surface area contributed by atoms with Crippen LogP contribution in [0.5, 0.6) is 0 Å². The summed E-state index contributed by atoms with van der Waals surface area (Å²) in [5.41, 5.74) is 0.199. The standard InChI is InChI=1S/C16H20N2O5S/c1-11(2)17(10-14-7-6-13(4)23-14)24(21,22)15-8-5-12(3)16(9-15)18(19)20/h5-9,11H,10H2,1-4H3. The summed E-state index contributed by atoms with van der Waals surface area (Å²) < 4.78 is 32.6. The van der Waals surface area contributed by atoms with E-state index in [1.54, 1.807) is 39.8 Å². The third kappa shape index (κ3) is 3.65. The van der Waals surface area contributed by atoms with Crippen molar-refractivity contribution in [1.82, 2.24) is 4.31 Å². The molecular formula is C16H20N2O5S. The molecule has 1 heterocycles. The molecule has 0 unspecified atom stereocenters. The van der Waals surface area contributed by atoms with Crippen molar-refractivity contribution in [3.63, 3.8) is 0 Å². The van der Waals surface area contributed by atoms with E-state index in [0.717, 1.165) is 6.07 Å². The van der Waals surface area contributed by atoms with Gasteiger partial charge in [-0.2, -0.15) is 4.31 Å². The summed E-state index contributed by atoms with van der Waals surface area (Å²) in [6, 6.07) is 7.09. The number of furan rings is 1. The van der Waals surface area contributed by atoms with Gasteiger partial charge in [-0.1, -0.05) is 6.07 Å². The van der Waals surface area contributed by atoms with Crippen molar-refractivity contribution in [3.8, 4) is 0 Å². The van der Waals surface area contributed by atoms with Crippen molar-refractivity contribution in [1.29, 1.82) is 0 Å². The van der Waals surface area contributed by atoms with Crippen LogP contribution in [0.1, 0.15) is 30.9 Å². The van der Waals surface area contributed by atoms with Crippen LogP contribution < -0.4 is 0 Å². The third-order valence-corrected chi connectivity index (χ3v) is 5.69. The maximum absolute atomic E-state index is 12.9. The van der Waals surface area contributed by atoms with Gasteiger partial charge in [0, 0.05) is 17.7 Å². The van der Waals surface area contributed by atoms with E-state index in [4.69, 9.17) is 4.42 Å². The molecule has 0 aliphatic carbocycles. The SMILES string of the molecule is Cc1ccc(CN(C(C)C)S(=O)(=O)c2ccc(C)c([N+](=O)[O-])c2)o1. The molecule has 0 fully saturated rings. The van der Waals surface area contributed by atoms with E-state index in [9.17, 15) is 18.5 Å². The average Bonchev–Trinajstić information content (AvgIpc) is 2.89. The van der Waals surface area contributed by atoms with Crippen LogP contribution in [0.3, 0.4) is 0 Å². The lowest BCUT2D eigenvalue weighted by Crippen LogP contribution is -2.36. The number of sulfonamides is 1. The predicted molar refractivity (Wildman–Crippen MR) is 89.1 cm³/mol. The first kappa shape index (κ1) is 18.2. The van der Waals surface area contributed by atoms with E-state index >= 15 is 0 Å². The minimum absolute atomic E-state index is 0.0650. The average molecular weight is 352 g/mol. The highest BCUT2D eigenvalue weighted by Crippen LogP contribution is 2.27. The Morgan fingerprint density at radius 1 is 1.21 bits per heavy atom. The van der Waals surface area contributed by atoms with Crippen LogP contribution in [0.25, 0.3) is 0 Å². The van der Waals surface area contributed by atoms with Gasteiger partial charge in [-0.25, -0.2) is 8.42 Å². The summed E-state index contributed by atoms with van der Waals surface area (Å²) in [5.74, 6) is 1.21. The zero-order valence-corrected chi connectivity index (χ0v) is 14.8. The highest BCUT2D eigenvalue weighted by molar-refractivity contribution is 7.89. The van der Waals surface area contributed by atoms with E-state index < -0.39 is 14.9 Å². The molecule has 0 saturated heterocycles. The number of rotatable bonds is 6. The Bertz CT molecular complexity index is 855. The van der Waals surface area contributed by atoms with Crippen LogP contribution in [0, 0.1) is 24.0 Å². The Kier molecular flexibility index (Phi) is 5.10. The summed E-state index contributed by atoms with van der Waals surface area (Å²) >= 11 is 0. The van der Waals surface area contributed by atoms with Gasteiger partial charge in [0.25, 0.3) is 5.69 Å². The normalized spacial score (nSPS) is 12.1. The number of benzene rings is 1. The highest BCUT2D eigenvalue weighted by atomic mass is 32.2. The van der Waals surface area contributed by atoms with Gasteiger partial charge in [0.1, 0.15) is 11.5 Å². The number of nitrogens with zero attached hydrogens (tertiary/aromatic N) is 2. The van der Waals surface area contributed by atoms with E-state index in [-0.39, 0.29) is 23.2 Å². The number of aryl methyl sites for hydroxylation is 2. The fourth-order valence-corrected chi connectivity index (χ4v) is 3.97. The van der Waals surface area contributed by atoms with Crippen molar-refractivity contribution >= 4 is 15.7 Å². The Labute approximate surface area is 141 Å². The van der Waals surface area contributed by atoms with Crippen molar-refractivity contribution in [2.45, 2.75) is 45.2 Å².